The molecule has 4 rings (SSSR count). The minimum atomic E-state index is 0.300. The molecule has 1 aliphatic rings. The number of ether oxygens (including phenoxy) is 1. The molecule has 5 heteroatoms. The highest BCUT2D eigenvalue weighted by Crippen LogP contribution is 2.28. The van der Waals surface area contributed by atoms with Crippen molar-refractivity contribution < 1.29 is 9.47 Å². The van der Waals surface area contributed by atoms with Gasteiger partial charge in [-0.05, 0) is 37.5 Å². The topological polar surface area (TPSA) is 54.0 Å². The number of pyridine rings is 1. The first-order valence-electron chi connectivity index (χ1n) is 7.79. The number of rotatable bonds is 4. The Morgan fingerprint density at radius 3 is 2.74 bits per heavy atom. The van der Waals surface area contributed by atoms with Crippen LogP contribution in [0.15, 0.2) is 54.7 Å². The van der Waals surface area contributed by atoms with Crippen LogP contribution in [0.5, 0.6) is 5.88 Å². The highest BCUT2D eigenvalue weighted by Gasteiger charge is 2.23. The van der Waals surface area contributed by atoms with Crippen LogP contribution in [-0.4, -0.2) is 9.78 Å². The largest absolute Gasteiger partial charge is 0.616 e. The second kappa shape index (κ2) is 5.76. The zero-order valence-electron chi connectivity index (χ0n) is 12.7. The molecule has 0 radical (unpaired) electrons. The lowest BCUT2D eigenvalue weighted by Gasteiger charge is -2.06. The summed E-state index contributed by atoms with van der Waals surface area (Å²) < 4.78 is 8.41. The molecule has 3 aromatic rings. The zero-order chi connectivity index (χ0) is 15.6. The first kappa shape index (κ1) is 13.8. The maximum atomic E-state index is 11.7. The third-order valence-electron chi connectivity index (χ3n) is 4.16. The molecule has 116 valence electrons. The van der Waals surface area contributed by atoms with Gasteiger partial charge in [0.25, 0.3) is 0 Å². The van der Waals surface area contributed by atoms with Crippen LogP contribution in [0.25, 0.3) is 5.69 Å². The Morgan fingerprint density at radius 2 is 1.91 bits per heavy atom. The Morgan fingerprint density at radius 1 is 1.09 bits per heavy atom. The fraction of sp³-hybridized carbons (Fsp3) is 0.222. The van der Waals surface area contributed by atoms with Crippen molar-refractivity contribution in [3.05, 3.63) is 76.9 Å². The van der Waals surface area contributed by atoms with Crippen molar-refractivity contribution in [2.75, 3.05) is 0 Å². The van der Waals surface area contributed by atoms with E-state index in [9.17, 15) is 5.21 Å². The fourth-order valence-electron chi connectivity index (χ4n) is 3.08. The second-order valence-corrected chi connectivity index (χ2v) is 5.63. The van der Waals surface area contributed by atoms with Gasteiger partial charge in [0.15, 0.2) is 6.20 Å². The van der Waals surface area contributed by atoms with E-state index in [4.69, 9.17) is 9.84 Å². The maximum absolute atomic E-state index is 11.7. The Hall–Kier alpha value is -2.82. The van der Waals surface area contributed by atoms with E-state index in [0.717, 1.165) is 35.4 Å². The maximum Gasteiger partial charge on any atom is 0.379 e. The first-order valence-corrected chi connectivity index (χ1v) is 7.79. The molecule has 0 aliphatic heterocycles. The number of hydrogen-bond donors (Lipinski definition) is 0. The molecule has 0 atom stereocenters. The summed E-state index contributed by atoms with van der Waals surface area (Å²) in [7, 11) is 0. The number of aromatic nitrogens is 3. The van der Waals surface area contributed by atoms with Gasteiger partial charge in [-0.2, -0.15) is 5.10 Å². The lowest BCUT2D eigenvalue weighted by atomic mass is 10.2. The van der Waals surface area contributed by atoms with Crippen LogP contribution in [0, 0.1) is 5.21 Å². The minimum Gasteiger partial charge on any atom is -0.616 e. The normalized spacial score (nSPS) is 13.0. The fourth-order valence-corrected chi connectivity index (χ4v) is 3.08. The monoisotopic (exact) mass is 307 g/mol. The van der Waals surface area contributed by atoms with Gasteiger partial charge in [0.05, 0.1) is 11.8 Å². The molecule has 0 N–H and O–H groups in total. The van der Waals surface area contributed by atoms with Crippen LogP contribution in [0.4, 0.5) is 0 Å². The molecule has 0 amide bonds. The molecule has 0 fully saturated rings. The lowest BCUT2D eigenvalue weighted by Crippen LogP contribution is -2.27. The van der Waals surface area contributed by atoms with E-state index in [2.05, 4.69) is 12.1 Å². The zero-order valence-corrected chi connectivity index (χ0v) is 12.7. The Bertz CT molecular complexity index is 828. The van der Waals surface area contributed by atoms with Crippen LogP contribution in [0.1, 0.15) is 23.4 Å². The van der Waals surface area contributed by atoms with Gasteiger partial charge in [0.1, 0.15) is 12.3 Å². The number of nitrogens with zero attached hydrogens (tertiary/aromatic N) is 3. The van der Waals surface area contributed by atoms with Gasteiger partial charge in [-0.15, -0.1) is 4.73 Å². The predicted octanol–water partition coefficient (Wildman–Crippen LogP) is 2.57. The molecule has 0 bridgehead atoms. The average Bonchev–Trinajstić information content (AvgIpc) is 3.18. The lowest BCUT2D eigenvalue weighted by molar-refractivity contribution is -0.613. The Labute approximate surface area is 134 Å². The molecule has 2 aromatic heterocycles. The summed E-state index contributed by atoms with van der Waals surface area (Å²) in [5, 5.41) is 16.4. The summed E-state index contributed by atoms with van der Waals surface area (Å²) in [6, 6.07) is 15.3. The summed E-state index contributed by atoms with van der Waals surface area (Å²) in [4.78, 5) is 0. The van der Waals surface area contributed by atoms with E-state index in [0.29, 0.717) is 12.5 Å². The summed E-state index contributed by atoms with van der Waals surface area (Å²) in [6.07, 6.45) is 4.62. The number of fused-ring (bicyclic) bond motifs is 1. The summed E-state index contributed by atoms with van der Waals surface area (Å²) in [5.41, 5.74) is 4.51. The highest BCUT2D eigenvalue weighted by atomic mass is 16.5. The van der Waals surface area contributed by atoms with Crippen molar-refractivity contribution in [2.45, 2.75) is 25.9 Å². The number of hydrogen-bond acceptors (Lipinski definition) is 3. The van der Waals surface area contributed by atoms with E-state index in [1.54, 1.807) is 18.2 Å². The van der Waals surface area contributed by atoms with Gasteiger partial charge in [0.2, 0.25) is 0 Å². The molecule has 23 heavy (non-hydrogen) atoms. The summed E-state index contributed by atoms with van der Waals surface area (Å²) in [5.74, 6) is 0.300. The molecule has 5 nitrogen and oxygen atoms in total. The van der Waals surface area contributed by atoms with Crippen molar-refractivity contribution in [3.8, 4) is 11.6 Å². The van der Waals surface area contributed by atoms with Crippen LogP contribution in [0.3, 0.4) is 0 Å². The van der Waals surface area contributed by atoms with Gasteiger partial charge < -0.3 is 9.94 Å². The summed E-state index contributed by atoms with van der Waals surface area (Å²) >= 11 is 0. The van der Waals surface area contributed by atoms with Gasteiger partial charge >= 0.3 is 5.88 Å². The van der Waals surface area contributed by atoms with Crippen molar-refractivity contribution in [1.29, 1.82) is 0 Å². The molecule has 0 saturated heterocycles. The van der Waals surface area contributed by atoms with E-state index in [1.807, 2.05) is 22.9 Å². The number of para-hydroxylation sites is 1. The van der Waals surface area contributed by atoms with E-state index in [-0.39, 0.29) is 0 Å². The molecule has 1 aliphatic carbocycles. The standard InChI is InChI=1S/C18H17N3O2/c22-20-12-5-4-11-18(20)23-13-16-15-9-6-10-17(15)21(19-16)14-7-2-1-3-8-14/h1-5,7-8,11-12H,6,9-10,13H2. The van der Waals surface area contributed by atoms with Crippen LogP contribution in [-0.2, 0) is 19.4 Å². The van der Waals surface area contributed by atoms with Crippen molar-refractivity contribution in [3.63, 3.8) is 0 Å². The van der Waals surface area contributed by atoms with Gasteiger partial charge in [-0.25, -0.2) is 4.68 Å². The van der Waals surface area contributed by atoms with E-state index < -0.39 is 0 Å². The SMILES string of the molecule is [O-][n+]1ccccc1OCc1nn(-c2ccccc2)c2c1CCC2. The highest BCUT2D eigenvalue weighted by molar-refractivity contribution is 5.39. The Kier molecular flexibility index (Phi) is 3.46. The van der Waals surface area contributed by atoms with Gasteiger partial charge in [-0.3, -0.25) is 0 Å². The van der Waals surface area contributed by atoms with E-state index >= 15 is 0 Å². The molecule has 1 aromatic carbocycles. The van der Waals surface area contributed by atoms with Crippen molar-refractivity contribution >= 4 is 0 Å². The summed E-state index contributed by atoms with van der Waals surface area (Å²) in [6.45, 7) is 0.314. The van der Waals surface area contributed by atoms with Crippen LogP contribution < -0.4 is 9.47 Å². The third-order valence-corrected chi connectivity index (χ3v) is 4.16. The average molecular weight is 307 g/mol. The van der Waals surface area contributed by atoms with Gasteiger partial charge in [0, 0.05) is 17.3 Å². The van der Waals surface area contributed by atoms with E-state index in [1.165, 1.54) is 17.5 Å². The molecule has 0 unspecified atom stereocenters. The first-order chi connectivity index (χ1) is 11.3. The third kappa shape index (κ3) is 2.54. The number of benzene rings is 1. The molecule has 0 spiro atoms. The molecular weight excluding hydrogens is 290 g/mol. The van der Waals surface area contributed by atoms with Gasteiger partial charge in [-0.1, -0.05) is 18.2 Å². The van der Waals surface area contributed by atoms with Crippen molar-refractivity contribution in [2.24, 2.45) is 0 Å². The van der Waals surface area contributed by atoms with Crippen LogP contribution in [0.2, 0.25) is 0 Å². The molecule has 2 heterocycles. The quantitative estimate of drug-likeness (QED) is 0.550. The molecular formula is C18H17N3O2. The van der Waals surface area contributed by atoms with Crippen LogP contribution >= 0.6 is 0 Å². The predicted molar refractivity (Wildman–Crippen MR) is 85.3 cm³/mol. The van der Waals surface area contributed by atoms with Crippen molar-refractivity contribution in [1.82, 2.24) is 9.78 Å². The minimum absolute atomic E-state index is 0.300. The Balaban J connectivity index is 1.64. The second-order valence-electron chi connectivity index (χ2n) is 5.63. The molecule has 0 saturated carbocycles. The smallest absolute Gasteiger partial charge is 0.379 e.